The summed E-state index contributed by atoms with van der Waals surface area (Å²) in [5.74, 6) is 1.77. The summed E-state index contributed by atoms with van der Waals surface area (Å²) in [4.78, 5) is 12.6. The molecule has 0 unspecified atom stereocenters. The molecule has 0 aliphatic rings. The lowest BCUT2D eigenvalue weighted by atomic mass is 10.1. The predicted molar refractivity (Wildman–Crippen MR) is 145 cm³/mol. The molecule has 1 aromatic heterocycles. The summed E-state index contributed by atoms with van der Waals surface area (Å²) in [7, 11) is 3.15. The highest BCUT2D eigenvalue weighted by atomic mass is 79.9. The molecule has 0 saturated heterocycles. The third kappa shape index (κ3) is 5.95. The first-order chi connectivity index (χ1) is 17.5. The van der Waals surface area contributed by atoms with Gasteiger partial charge in [-0.3, -0.25) is 9.36 Å². The van der Waals surface area contributed by atoms with Gasteiger partial charge in [0.1, 0.15) is 0 Å². The topological polar surface area (TPSA) is 90.6 Å². The van der Waals surface area contributed by atoms with E-state index in [1.54, 1.807) is 20.3 Å². The van der Waals surface area contributed by atoms with Crippen molar-refractivity contribution in [3.05, 3.63) is 82.8 Å². The minimum Gasteiger partial charge on any atom is -0.493 e. The van der Waals surface area contributed by atoms with Crippen molar-refractivity contribution in [2.45, 2.75) is 12.1 Å². The van der Waals surface area contributed by atoms with Gasteiger partial charge >= 0.3 is 0 Å². The predicted octanol–water partition coefficient (Wildman–Crippen LogP) is 5.35. The second-order valence-corrected chi connectivity index (χ2v) is 9.43. The van der Waals surface area contributed by atoms with Gasteiger partial charge in [-0.1, -0.05) is 58.0 Å². The lowest BCUT2D eigenvalue weighted by molar-refractivity contribution is -0.118. The molecule has 0 atom stereocenters. The number of carbonyl (C=O) groups is 1. The maximum absolute atomic E-state index is 12.6. The Bertz CT molecular complexity index is 1370. The van der Waals surface area contributed by atoms with Gasteiger partial charge in [0.2, 0.25) is 0 Å². The molecule has 8 nitrogen and oxygen atoms in total. The van der Waals surface area contributed by atoms with Crippen LogP contribution in [0.4, 0.5) is 0 Å². The zero-order valence-corrected chi connectivity index (χ0v) is 22.3. The summed E-state index contributed by atoms with van der Waals surface area (Å²) < 4.78 is 13.5. The molecule has 0 saturated carbocycles. The van der Waals surface area contributed by atoms with Crippen LogP contribution in [-0.4, -0.2) is 46.4 Å². The first-order valence-electron chi connectivity index (χ1n) is 10.9. The van der Waals surface area contributed by atoms with E-state index in [4.69, 9.17) is 9.47 Å². The maximum atomic E-state index is 12.6. The van der Waals surface area contributed by atoms with Crippen molar-refractivity contribution in [2.24, 2.45) is 5.10 Å². The molecule has 0 radical (unpaired) electrons. The summed E-state index contributed by atoms with van der Waals surface area (Å²) in [6, 6.07) is 23.1. The summed E-state index contributed by atoms with van der Waals surface area (Å²) >= 11 is 4.76. The fourth-order valence-corrected chi connectivity index (χ4v) is 4.40. The van der Waals surface area contributed by atoms with Gasteiger partial charge in [0.15, 0.2) is 22.5 Å². The number of nitrogens with zero attached hydrogens (tertiary/aromatic N) is 4. The molecule has 1 heterocycles. The van der Waals surface area contributed by atoms with E-state index in [1.807, 2.05) is 78.2 Å². The van der Waals surface area contributed by atoms with Gasteiger partial charge in [0.05, 0.1) is 25.7 Å². The Hall–Kier alpha value is -3.63. The molecule has 0 fully saturated rings. The second kappa shape index (κ2) is 11.9. The monoisotopic (exact) mass is 565 g/mol. The molecule has 1 N–H and O–H groups in total. The van der Waals surface area contributed by atoms with E-state index in [-0.39, 0.29) is 11.7 Å². The number of aromatic nitrogens is 3. The molecular weight excluding hydrogens is 542 g/mol. The third-order valence-electron chi connectivity index (χ3n) is 5.23. The van der Waals surface area contributed by atoms with Crippen LogP contribution in [0.3, 0.4) is 0 Å². The zero-order chi connectivity index (χ0) is 25.5. The summed E-state index contributed by atoms with van der Waals surface area (Å²) in [6.07, 6.45) is 0. The molecule has 0 bridgehead atoms. The van der Waals surface area contributed by atoms with Gasteiger partial charge in [-0.2, -0.15) is 5.10 Å². The fraction of sp³-hybridized carbons (Fsp3) is 0.154. The van der Waals surface area contributed by atoms with Crippen molar-refractivity contribution in [2.75, 3.05) is 20.0 Å². The third-order valence-corrected chi connectivity index (χ3v) is 6.69. The smallest absolute Gasteiger partial charge is 0.250 e. The Balaban J connectivity index is 1.49. The number of halogens is 1. The van der Waals surface area contributed by atoms with Crippen LogP contribution in [0.1, 0.15) is 12.5 Å². The number of hydrogen-bond donors (Lipinski definition) is 1. The second-order valence-electron chi connectivity index (χ2n) is 7.57. The molecule has 184 valence electrons. The number of ether oxygens (including phenoxy) is 2. The minimum absolute atomic E-state index is 0.119. The molecule has 4 rings (SSSR count). The maximum Gasteiger partial charge on any atom is 0.250 e. The molecule has 36 heavy (non-hydrogen) atoms. The Kier molecular flexibility index (Phi) is 8.40. The highest BCUT2D eigenvalue weighted by Gasteiger charge is 2.17. The SMILES string of the molecule is COc1ccc(/C(C)=N\NC(=O)CSc2nnc(-c3ccc(Br)cc3)n2-c2ccccc2)cc1OC. The van der Waals surface area contributed by atoms with Crippen molar-refractivity contribution in [1.29, 1.82) is 0 Å². The number of carbonyl (C=O) groups excluding carboxylic acids is 1. The Morgan fingerprint density at radius 3 is 2.42 bits per heavy atom. The molecule has 10 heteroatoms. The quantitative estimate of drug-likeness (QED) is 0.167. The average molecular weight is 566 g/mol. The van der Waals surface area contributed by atoms with E-state index in [9.17, 15) is 4.79 Å². The summed E-state index contributed by atoms with van der Waals surface area (Å²) in [6.45, 7) is 1.81. The van der Waals surface area contributed by atoms with Crippen molar-refractivity contribution in [3.8, 4) is 28.6 Å². The van der Waals surface area contributed by atoms with Crippen molar-refractivity contribution in [1.82, 2.24) is 20.2 Å². The number of para-hydroxylation sites is 1. The Morgan fingerprint density at radius 2 is 1.72 bits per heavy atom. The number of amides is 1. The zero-order valence-electron chi connectivity index (χ0n) is 19.9. The van der Waals surface area contributed by atoms with Gasteiger partial charge in [-0.05, 0) is 49.4 Å². The van der Waals surface area contributed by atoms with Crippen LogP contribution in [0.25, 0.3) is 17.1 Å². The Morgan fingerprint density at radius 1 is 1.00 bits per heavy atom. The van der Waals surface area contributed by atoms with Gasteiger partial charge < -0.3 is 9.47 Å². The minimum atomic E-state index is -0.257. The number of hydrazone groups is 1. The lowest BCUT2D eigenvalue weighted by Gasteiger charge is -2.10. The summed E-state index contributed by atoms with van der Waals surface area (Å²) in [5, 5.41) is 13.6. The van der Waals surface area contributed by atoms with Crippen LogP contribution < -0.4 is 14.9 Å². The van der Waals surface area contributed by atoms with Gasteiger partial charge in [0, 0.05) is 21.3 Å². The molecule has 3 aromatic carbocycles. The van der Waals surface area contributed by atoms with E-state index < -0.39 is 0 Å². The normalized spacial score (nSPS) is 11.3. The van der Waals surface area contributed by atoms with Crippen LogP contribution in [0.5, 0.6) is 11.5 Å². The molecule has 4 aromatic rings. The van der Waals surface area contributed by atoms with Crippen molar-refractivity contribution >= 4 is 39.3 Å². The number of benzene rings is 3. The van der Waals surface area contributed by atoms with Crippen molar-refractivity contribution < 1.29 is 14.3 Å². The number of hydrogen-bond acceptors (Lipinski definition) is 7. The van der Waals surface area contributed by atoms with E-state index in [1.165, 1.54) is 11.8 Å². The van der Waals surface area contributed by atoms with Crippen LogP contribution in [0.2, 0.25) is 0 Å². The van der Waals surface area contributed by atoms with E-state index in [2.05, 4.69) is 36.7 Å². The molecule has 0 spiro atoms. The molecule has 1 amide bonds. The number of methoxy groups -OCH3 is 2. The van der Waals surface area contributed by atoms with Gasteiger partial charge in [-0.15, -0.1) is 10.2 Å². The highest BCUT2D eigenvalue weighted by molar-refractivity contribution is 9.10. The van der Waals surface area contributed by atoms with Crippen LogP contribution in [0.15, 0.2) is 87.5 Å². The fourth-order valence-electron chi connectivity index (χ4n) is 3.39. The van der Waals surface area contributed by atoms with Crippen LogP contribution >= 0.6 is 27.7 Å². The summed E-state index contributed by atoms with van der Waals surface area (Å²) in [5.41, 5.74) is 5.89. The lowest BCUT2D eigenvalue weighted by Crippen LogP contribution is -2.21. The first-order valence-corrected chi connectivity index (χ1v) is 12.7. The number of nitrogens with one attached hydrogen (secondary N) is 1. The first kappa shape index (κ1) is 25.5. The number of thioether (sulfide) groups is 1. The number of rotatable bonds is 9. The van der Waals surface area contributed by atoms with E-state index in [0.29, 0.717) is 28.2 Å². The van der Waals surface area contributed by atoms with Gasteiger partial charge in [0.25, 0.3) is 5.91 Å². The van der Waals surface area contributed by atoms with Crippen molar-refractivity contribution in [3.63, 3.8) is 0 Å². The standard InChI is InChI=1S/C26H24BrN5O3S/c1-17(19-11-14-22(34-2)23(15-19)35-3)28-29-24(33)16-36-26-31-30-25(18-9-12-20(27)13-10-18)32(26)21-7-5-4-6-8-21/h4-15H,16H2,1-3H3,(H,29,33)/b28-17-. The van der Waals surface area contributed by atoms with E-state index >= 15 is 0 Å². The van der Waals surface area contributed by atoms with Crippen LogP contribution in [0, 0.1) is 0 Å². The van der Waals surface area contributed by atoms with E-state index in [0.717, 1.165) is 21.3 Å². The average Bonchev–Trinajstić information content (AvgIpc) is 3.35. The highest BCUT2D eigenvalue weighted by Crippen LogP contribution is 2.29. The molecular formula is C26H24BrN5O3S. The largest absolute Gasteiger partial charge is 0.493 e. The molecule has 0 aliphatic heterocycles. The molecule has 0 aliphatic carbocycles. The Labute approximate surface area is 221 Å². The van der Waals surface area contributed by atoms with Gasteiger partial charge in [-0.25, -0.2) is 5.43 Å². The van der Waals surface area contributed by atoms with Crippen LogP contribution in [-0.2, 0) is 4.79 Å².